The first-order chi connectivity index (χ1) is 7.06. The zero-order chi connectivity index (χ0) is 11.4. The van der Waals surface area contributed by atoms with Crippen LogP contribution in [0.5, 0.6) is 0 Å². The average Bonchev–Trinajstić information content (AvgIpc) is 2.27. The lowest BCUT2D eigenvalue weighted by atomic mass is 9.94. The molecule has 0 heterocycles. The lowest BCUT2D eigenvalue weighted by molar-refractivity contribution is -0.120. The average molecular weight is 204 g/mol. The summed E-state index contributed by atoms with van der Waals surface area (Å²) in [5, 5.41) is 0. The number of hydrogen-bond acceptors (Lipinski definition) is 2. The zero-order valence-corrected chi connectivity index (χ0v) is 9.41. The van der Waals surface area contributed by atoms with Crippen LogP contribution in [0.15, 0.2) is 24.3 Å². The first-order valence-electron chi connectivity index (χ1n) is 5.19. The van der Waals surface area contributed by atoms with Crippen LogP contribution in [-0.4, -0.2) is 11.6 Å². The van der Waals surface area contributed by atoms with Crippen molar-refractivity contribution >= 4 is 11.6 Å². The van der Waals surface area contributed by atoms with Gasteiger partial charge in [-0.2, -0.15) is 0 Å². The normalized spacial score (nSPS) is 12.2. The van der Waals surface area contributed by atoms with Gasteiger partial charge in [-0.1, -0.05) is 36.8 Å². The zero-order valence-electron chi connectivity index (χ0n) is 9.41. The van der Waals surface area contributed by atoms with E-state index in [4.69, 9.17) is 0 Å². The molecule has 1 aromatic carbocycles. The van der Waals surface area contributed by atoms with Gasteiger partial charge in [0.25, 0.3) is 0 Å². The van der Waals surface area contributed by atoms with Crippen molar-refractivity contribution in [3.63, 3.8) is 0 Å². The lowest BCUT2D eigenvalue weighted by Gasteiger charge is -2.08. The number of carbonyl (C=O) groups excluding carboxylic acids is 2. The number of ketones is 2. The standard InChI is InChI=1S/C13H16O2/c1-4-12(14)10(3)13(15)11-7-5-9(2)6-8-11/h5-8,10H,4H2,1-3H3. The summed E-state index contributed by atoms with van der Waals surface area (Å²) in [4.78, 5) is 23.2. The van der Waals surface area contributed by atoms with Crippen molar-refractivity contribution in [3.05, 3.63) is 35.4 Å². The molecule has 0 spiro atoms. The molecule has 80 valence electrons. The number of carbonyl (C=O) groups is 2. The van der Waals surface area contributed by atoms with E-state index in [-0.39, 0.29) is 11.6 Å². The van der Waals surface area contributed by atoms with Crippen LogP contribution in [-0.2, 0) is 4.79 Å². The van der Waals surface area contributed by atoms with Crippen LogP contribution < -0.4 is 0 Å². The highest BCUT2D eigenvalue weighted by molar-refractivity contribution is 6.10. The van der Waals surface area contributed by atoms with Gasteiger partial charge in [-0.25, -0.2) is 0 Å². The molecule has 2 heteroatoms. The molecule has 0 saturated carbocycles. The van der Waals surface area contributed by atoms with Crippen LogP contribution in [0.3, 0.4) is 0 Å². The van der Waals surface area contributed by atoms with E-state index in [0.29, 0.717) is 12.0 Å². The van der Waals surface area contributed by atoms with Crippen molar-refractivity contribution in [2.75, 3.05) is 0 Å². The van der Waals surface area contributed by atoms with Crippen molar-refractivity contribution in [1.29, 1.82) is 0 Å². The van der Waals surface area contributed by atoms with Gasteiger partial charge in [0, 0.05) is 12.0 Å². The maximum atomic E-state index is 11.8. The molecule has 0 aliphatic heterocycles. The molecule has 15 heavy (non-hydrogen) atoms. The molecule has 0 radical (unpaired) electrons. The lowest BCUT2D eigenvalue weighted by Crippen LogP contribution is -2.20. The minimum absolute atomic E-state index is 0.000532. The Hall–Kier alpha value is -1.44. The maximum Gasteiger partial charge on any atom is 0.173 e. The minimum atomic E-state index is -0.516. The third-order valence-electron chi connectivity index (χ3n) is 2.56. The SMILES string of the molecule is CCC(=O)C(C)C(=O)c1ccc(C)cc1. The summed E-state index contributed by atoms with van der Waals surface area (Å²) in [6, 6.07) is 7.32. The van der Waals surface area contributed by atoms with E-state index in [1.54, 1.807) is 26.0 Å². The molecule has 1 atom stereocenters. The summed E-state index contributed by atoms with van der Waals surface area (Å²) >= 11 is 0. The van der Waals surface area contributed by atoms with Gasteiger partial charge in [0.2, 0.25) is 0 Å². The third kappa shape index (κ3) is 2.75. The van der Waals surface area contributed by atoms with Crippen LogP contribution in [0.2, 0.25) is 0 Å². The van der Waals surface area contributed by atoms with Gasteiger partial charge >= 0.3 is 0 Å². The first-order valence-corrected chi connectivity index (χ1v) is 5.19. The second kappa shape index (κ2) is 4.87. The molecule has 0 N–H and O–H groups in total. The summed E-state index contributed by atoms with van der Waals surface area (Å²) in [6.45, 7) is 5.42. The van der Waals surface area contributed by atoms with Gasteiger partial charge < -0.3 is 0 Å². The topological polar surface area (TPSA) is 34.1 Å². The van der Waals surface area contributed by atoms with Gasteiger partial charge in [-0.15, -0.1) is 0 Å². The Morgan fingerprint density at radius 1 is 1.20 bits per heavy atom. The van der Waals surface area contributed by atoms with Gasteiger partial charge in [-0.3, -0.25) is 9.59 Å². The van der Waals surface area contributed by atoms with Crippen molar-refractivity contribution in [3.8, 4) is 0 Å². The summed E-state index contributed by atoms with van der Waals surface area (Å²) < 4.78 is 0. The van der Waals surface area contributed by atoms with Gasteiger partial charge in [0.05, 0.1) is 5.92 Å². The third-order valence-corrected chi connectivity index (χ3v) is 2.56. The molecular formula is C13H16O2. The van der Waals surface area contributed by atoms with Crippen molar-refractivity contribution in [2.24, 2.45) is 5.92 Å². The molecular weight excluding hydrogens is 188 g/mol. The van der Waals surface area contributed by atoms with Crippen LogP contribution in [0, 0.1) is 12.8 Å². The van der Waals surface area contributed by atoms with Crippen LogP contribution in [0.4, 0.5) is 0 Å². The Morgan fingerprint density at radius 2 is 1.73 bits per heavy atom. The quantitative estimate of drug-likeness (QED) is 0.558. The van der Waals surface area contributed by atoms with E-state index in [2.05, 4.69) is 0 Å². The Bertz CT molecular complexity index is 363. The molecule has 0 bridgehead atoms. The van der Waals surface area contributed by atoms with E-state index >= 15 is 0 Å². The van der Waals surface area contributed by atoms with Crippen molar-refractivity contribution in [1.82, 2.24) is 0 Å². The van der Waals surface area contributed by atoms with Crippen LogP contribution in [0.25, 0.3) is 0 Å². The van der Waals surface area contributed by atoms with E-state index < -0.39 is 5.92 Å². The molecule has 1 aromatic rings. The monoisotopic (exact) mass is 204 g/mol. The number of aryl methyl sites for hydroxylation is 1. The minimum Gasteiger partial charge on any atom is -0.299 e. The van der Waals surface area contributed by atoms with E-state index in [9.17, 15) is 9.59 Å². The molecule has 0 aliphatic carbocycles. The molecule has 0 aromatic heterocycles. The van der Waals surface area contributed by atoms with Crippen LogP contribution in [0.1, 0.15) is 36.2 Å². The predicted molar refractivity (Wildman–Crippen MR) is 60.0 cm³/mol. The van der Waals surface area contributed by atoms with E-state index in [0.717, 1.165) is 5.56 Å². The van der Waals surface area contributed by atoms with Gasteiger partial charge in [0.15, 0.2) is 5.78 Å². The second-order valence-corrected chi connectivity index (χ2v) is 3.77. The van der Waals surface area contributed by atoms with Crippen molar-refractivity contribution in [2.45, 2.75) is 27.2 Å². The first kappa shape index (κ1) is 11.6. The summed E-state index contributed by atoms with van der Waals surface area (Å²) in [6.07, 6.45) is 0.415. The highest BCUT2D eigenvalue weighted by atomic mass is 16.1. The Labute approximate surface area is 90.3 Å². The maximum absolute atomic E-state index is 11.8. The van der Waals surface area contributed by atoms with E-state index in [1.165, 1.54) is 0 Å². The summed E-state index contributed by atoms with van der Waals surface area (Å²) in [5.41, 5.74) is 1.73. The Morgan fingerprint density at radius 3 is 2.20 bits per heavy atom. The second-order valence-electron chi connectivity index (χ2n) is 3.77. The molecule has 1 rings (SSSR count). The highest BCUT2D eigenvalue weighted by Crippen LogP contribution is 2.12. The van der Waals surface area contributed by atoms with Crippen molar-refractivity contribution < 1.29 is 9.59 Å². The van der Waals surface area contributed by atoms with E-state index in [1.807, 2.05) is 19.1 Å². The fourth-order valence-electron chi connectivity index (χ4n) is 1.42. The Kier molecular flexibility index (Phi) is 3.78. The molecule has 0 aliphatic rings. The Balaban J connectivity index is 2.85. The number of rotatable bonds is 4. The molecule has 0 amide bonds. The number of benzene rings is 1. The van der Waals surface area contributed by atoms with Gasteiger partial charge in [-0.05, 0) is 13.8 Å². The predicted octanol–water partition coefficient (Wildman–Crippen LogP) is 2.79. The van der Waals surface area contributed by atoms with Crippen LogP contribution >= 0.6 is 0 Å². The molecule has 2 nitrogen and oxygen atoms in total. The molecule has 0 saturated heterocycles. The number of hydrogen-bond donors (Lipinski definition) is 0. The number of Topliss-reactive ketones (excluding diaryl/α,β-unsaturated/α-hetero) is 2. The summed E-state index contributed by atoms with van der Waals surface area (Å²) in [7, 11) is 0. The highest BCUT2D eigenvalue weighted by Gasteiger charge is 2.20. The fraction of sp³-hybridized carbons (Fsp3) is 0.385. The fourth-order valence-corrected chi connectivity index (χ4v) is 1.42. The molecule has 1 unspecified atom stereocenters. The molecule has 0 fully saturated rings. The van der Waals surface area contributed by atoms with Gasteiger partial charge in [0.1, 0.15) is 5.78 Å². The summed E-state index contributed by atoms with van der Waals surface area (Å²) in [5.74, 6) is -0.597. The smallest absolute Gasteiger partial charge is 0.173 e. The largest absolute Gasteiger partial charge is 0.299 e.